The van der Waals surface area contributed by atoms with E-state index < -0.39 is 28.0 Å². The monoisotopic (exact) mass is 348 g/mol. The number of ether oxygens (including phenoxy) is 1. The van der Waals surface area contributed by atoms with Crippen LogP contribution in [0.15, 0.2) is 33.6 Å². The molecule has 7 heteroatoms. The van der Waals surface area contributed by atoms with Crippen LogP contribution >= 0.6 is 15.9 Å². The Kier molecular flexibility index (Phi) is 4.27. The maximum absolute atomic E-state index is 12.1. The van der Waals surface area contributed by atoms with Crippen LogP contribution in [0, 0.1) is 0 Å². The van der Waals surface area contributed by atoms with E-state index in [-0.39, 0.29) is 10.6 Å². The number of sulfone groups is 1. The fourth-order valence-electron chi connectivity index (χ4n) is 1.99. The zero-order valence-corrected chi connectivity index (χ0v) is 12.4. The van der Waals surface area contributed by atoms with Crippen molar-refractivity contribution in [1.82, 2.24) is 0 Å². The van der Waals surface area contributed by atoms with Gasteiger partial charge in [-0.05, 0) is 37.1 Å². The Bertz CT molecular complexity index is 566. The van der Waals surface area contributed by atoms with Gasteiger partial charge in [-0.2, -0.15) is 0 Å². The van der Waals surface area contributed by atoms with Crippen molar-refractivity contribution >= 4 is 31.7 Å². The Hall–Kier alpha value is -0.920. The normalized spacial score (nSPS) is 23.4. The van der Waals surface area contributed by atoms with Crippen LogP contribution in [0.4, 0.5) is 0 Å². The maximum Gasteiger partial charge on any atom is 0.332 e. The van der Waals surface area contributed by atoms with E-state index in [9.17, 15) is 13.2 Å². The lowest BCUT2D eigenvalue weighted by molar-refractivity contribution is -0.148. The van der Waals surface area contributed by atoms with Crippen LogP contribution in [0.5, 0.6) is 0 Å². The highest BCUT2D eigenvalue weighted by atomic mass is 79.9. The van der Waals surface area contributed by atoms with Crippen molar-refractivity contribution in [1.29, 1.82) is 0 Å². The average molecular weight is 349 g/mol. The molecule has 0 aliphatic carbocycles. The van der Waals surface area contributed by atoms with Gasteiger partial charge in [-0.15, -0.1) is 0 Å². The summed E-state index contributed by atoms with van der Waals surface area (Å²) in [6.07, 6.45) is -0.623. The first kappa shape index (κ1) is 14.5. The molecule has 2 atom stereocenters. The van der Waals surface area contributed by atoms with Crippen molar-refractivity contribution < 1.29 is 23.1 Å². The molecule has 5 nitrogen and oxygen atoms in total. The number of hydrogen-bond acceptors (Lipinski definition) is 4. The number of benzene rings is 1. The highest BCUT2D eigenvalue weighted by Gasteiger charge is 2.33. The number of carbonyl (C=O) groups is 1. The van der Waals surface area contributed by atoms with Gasteiger partial charge in [0.15, 0.2) is 15.9 Å². The van der Waals surface area contributed by atoms with Crippen LogP contribution in [-0.4, -0.2) is 37.5 Å². The summed E-state index contributed by atoms with van der Waals surface area (Å²) in [5.74, 6) is -1.22. The van der Waals surface area contributed by atoms with Gasteiger partial charge in [0, 0.05) is 4.47 Å². The first-order valence-electron chi connectivity index (χ1n) is 5.75. The Morgan fingerprint density at radius 2 is 1.95 bits per heavy atom. The Morgan fingerprint density at radius 1 is 1.32 bits per heavy atom. The van der Waals surface area contributed by atoms with Gasteiger partial charge in [-0.25, -0.2) is 13.2 Å². The largest absolute Gasteiger partial charge is 0.479 e. The molecule has 1 aliphatic rings. The van der Waals surface area contributed by atoms with Gasteiger partial charge in [0.1, 0.15) is 0 Å². The molecule has 2 rings (SSSR count). The fourth-order valence-corrected chi connectivity index (χ4v) is 3.74. The molecule has 0 bridgehead atoms. The van der Waals surface area contributed by atoms with Gasteiger partial charge in [-0.1, -0.05) is 15.9 Å². The molecular weight excluding hydrogens is 336 g/mol. The number of carboxylic acids is 1. The smallest absolute Gasteiger partial charge is 0.332 e. The van der Waals surface area contributed by atoms with Crippen molar-refractivity contribution in [2.45, 2.75) is 29.9 Å². The molecule has 1 aromatic carbocycles. The zero-order chi connectivity index (χ0) is 14.0. The third-order valence-electron chi connectivity index (χ3n) is 2.96. The Balaban J connectivity index is 2.06. The number of halogens is 1. The van der Waals surface area contributed by atoms with Crippen molar-refractivity contribution in [3.05, 3.63) is 28.7 Å². The molecule has 1 aromatic rings. The van der Waals surface area contributed by atoms with E-state index in [2.05, 4.69) is 15.9 Å². The summed E-state index contributed by atoms with van der Waals surface area (Å²) in [6, 6.07) is 6.34. The van der Waals surface area contributed by atoms with E-state index in [0.29, 0.717) is 12.8 Å². The number of aliphatic carboxylic acids is 1. The summed E-state index contributed by atoms with van der Waals surface area (Å²) in [5.41, 5.74) is 0. The third kappa shape index (κ3) is 3.55. The van der Waals surface area contributed by atoms with E-state index >= 15 is 0 Å². The Labute approximate surface area is 119 Å². The Morgan fingerprint density at radius 3 is 2.47 bits per heavy atom. The van der Waals surface area contributed by atoms with Crippen LogP contribution < -0.4 is 0 Å². The molecule has 19 heavy (non-hydrogen) atoms. The highest BCUT2D eigenvalue weighted by Crippen LogP contribution is 2.24. The van der Waals surface area contributed by atoms with E-state index in [4.69, 9.17) is 9.84 Å². The molecule has 0 aromatic heterocycles. The lowest BCUT2D eigenvalue weighted by Gasteiger charge is -2.11. The highest BCUT2D eigenvalue weighted by molar-refractivity contribution is 9.10. The second-order valence-corrected chi connectivity index (χ2v) is 7.35. The molecule has 104 valence electrons. The molecule has 0 radical (unpaired) electrons. The molecular formula is C12H13BrO5S. The van der Waals surface area contributed by atoms with Crippen molar-refractivity contribution in [3.63, 3.8) is 0 Å². The first-order valence-corrected chi connectivity index (χ1v) is 8.19. The van der Waals surface area contributed by atoms with Crippen LogP contribution in [0.1, 0.15) is 12.8 Å². The third-order valence-corrected chi connectivity index (χ3v) is 5.29. The van der Waals surface area contributed by atoms with E-state index in [1.165, 1.54) is 12.1 Å². The molecule has 1 aliphatic heterocycles. The molecule has 1 heterocycles. The summed E-state index contributed by atoms with van der Waals surface area (Å²) in [4.78, 5) is 11.0. The van der Waals surface area contributed by atoms with E-state index in [1.54, 1.807) is 12.1 Å². The lowest BCUT2D eigenvalue weighted by atomic mass is 10.2. The van der Waals surface area contributed by atoms with Crippen LogP contribution in [-0.2, 0) is 19.4 Å². The summed E-state index contributed by atoms with van der Waals surface area (Å²) < 4.78 is 30.3. The number of hydrogen-bond donors (Lipinski definition) is 1. The molecule has 0 saturated carbocycles. The standard InChI is InChI=1S/C12H13BrO5S/c13-8-1-4-10(5-2-8)19(16,17)7-9-3-6-11(18-9)12(14)15/h1-2,4-5,9,11H,3,6-7H2,(H,14,15). The minimum absolute atomic E-state index is 0.182. The van der Waals surface area contributed by atoms with Gasteiger partial charge in [-0.3, -0.25) is 0 Å². The van der Waals surface area contributed by atoms with Crippen LogP contribution in [0.2, 0.25) is 0 Å². The van der Waals surface area contributed by atoms with Gasteiger partial charge < -0.3 is 9.84 Å². The molecule has 1 saturated heterocycles. The molecule has 0 spiro atoms. The molecule has 1 fully saturated rings. The fraction of sp³-hybridized carbons (Fsp3) is 0.417. The van der Waals surface area contributed by atoms with Crippen molar-refractivity contribution in [2.75, 3.05) is 5.75 Å². The van der Waals surface area contributed by atoms with Gasteiger partial charge >= 0.3 is 5.97 Å². The van der Waals surface area contributed by atoms with Crippen molar-refractivity contribution in [2.24, 2.45) is 0 Å². The topological polar surface area (TPSA) is 80.7 Å². The summed E-state index contributed by atoms with van der Waals surface area (Å²) in [7, 11) is -3.45. The maximum atomic E-state index is 12.1. The average Bonchev–Trinajstić information content (AvgIpc) is 2.77. The molecule has 0 amide bonds. The van der Waals surface area contributed by atoms with Crippen molar-refractivity contribution in [3.8, 4) is 0 Å². The second-order valence-electron chi connectivity index (χ2n) is 4.40. The SMILES string of the molecule is O=C(O)C1CCC(CS(=O)(=O)c2ccc(Br)cc2)O1. The first-order chi connectivity index (χ1) is 8.88. The van der Waals surface area contributed by atoms with Crippen LogP contribution in [0.25, 0.3) is 0 Å². The van der Waals surface area contributed by atoms with Gasteiger partial charge in [0.2, 0.25) is 0 Å². The number of carboxylic acid groups (broad SMARTS) is 1. The van der Waals surface area contributed by atoms with E-state index in [1.807, 2.05) is 0 Å². The predicted octanol–water partition coefficient (Wildman–Crippen LogP) is 1.85. The minimum Gasteiger partial charge on any atom is -0.479 e. The minimum atomic E-state index is -3.45. The van der Waals surface area contributed by atoms with Gasteiger partial charge in [0.25, 0.3) is 0 Å². The molecule has 1 N–H and O–H groups in total. The quantitative estimate of drug-likeness (QED) is 0.897. The number of rotatable bonds is 4. The lowest BCUT2D eigenvalue weighted by Crippen LogP contribution is -2.25. The second kappa shape index (κ2) is 5.60. The van der Waals surface area contributed by atoms with Crippen LogP contribution in [0.3, 0.4) is 0 Å². The summed E-state index contributed by atoms with van der Waals surface area (Å²) >= 11 is 3.24. The van der Waals surface area contributed by atoms with E-state index in [0.717, 1.165) is 4.47 Å². The molecule has 2 unspecified atom stereocenters. The summed E-state index contributed by atoms with van der Waals surface area (Å²) in [5, 5.41) is 8.80. The predicted molar refractivity (Wildman–Crippen MR) is 71.7 cm³/mol. The van der Waals surface area contributed by atoms with Gasteiger partial charge in [0.05, 0.1) is 16.8 Å². The zero-order valence-electron chi connectivity index (χ0n) is 9.95. The summed E-state index contributed by atoms with van der Waals surface area (Å²) in [6.45, 7) is 0.